The van der Waals surface area contributed by atoms with Gasteiger partial charge in [0.1, 0.15) is 17.3 Å². The lowest BCUT2D eigenvalue weighted by atomic mass is 10.1. The second-order valence-electron chi connectivity index (χ2n) is 4.51. The van der Waals surface area contributed by atoms with Gasteiger partial charge in [0, 0.05) is 6.20 Å². The van der Waals surface area contributed by atoms with Crippen LogP contribution in [-0.2, 0) is 0 Å². The molecule has 3 aromatic rings. The topological polar surface area (TPSA) is 89.7 Å². The van der Waals surface area contributed by atoms with Gasteiger partial charge in [-0.05, 0) is 29.8 Å². The Balaban J connectivity index is 1.88. The van der Waals surface area contributed by atoms with E-state index < -0.39 is 6.04 Å². The van der Waals surface area contributed by atoms with Crippen molar-refractivity contribution in [2.75, 3.05) is 7.11 Å². The van der Waals surface area contributed by atoms with Gasteiger partial charge in [0.2, 0.25) is 0 Å². The summed E-state index contributed by atoms with van der Waals surface area (Å²) in [5, 5.41) is 7.04. The van der Waals surface area contributed by atoms with Crippen molar-refractivity contribution in [2.45, 2.75) is 6.04 Å². The summed E-state index contributed by atoms with van der Waals surface area (Å²) in [7, 11) is 1.62. The van der Waals surface area contributed by atoms with Gasteiger partial charge in [-0.25, -0.2) is 4.98 Å². The zero-order valence-electron chi connectivity index (χ0n) is 11.5. The standard InChI is InChI=1S/C15H15N5O/c1-21-11-6-4-5-10(9-11)13(16)15-18-14(19-20-15)12-7-2-3-8-17-12/h2-9,13H,16H2,1H3,(H,18,19,20). The monoisotopic (exact) mass is 281 g/mol. The highest BCUT2D eigenvalue weighted by atomic mass is 16.5. The molecular weight excluding hydrogens is 266 g/mol. The Morgan fingerprint density at radius 2 is 2.10 bits per heavy atom. The van der Waals surface area contributed by atoms with Gasteiger partial charge in [-0.1, -0.05) is 18.2 Å². The van der Waals surface area contributed by atoms with Crippen molar-refractivity contribution in [3.63, 3.8) is 0 Å². The van der Waals surface area contributed by atoms with Crippen LogP contribution in [0.4, 0.5) is 0 Å². The Labute approximate surface area is 122 Å². The fourth-order valence-electron chi connectivity index (χ4n) is 2.02. The minimum Gasteiger partial charge on any atom is -0.497 e. The molecule has 2 aromatic heterocycles. The highest BCUT2D eigenvalue weighted by Crippen LogP contribution is 2.22. The number of pyridine rings is 1. The van der Waals surface area contributed by atoms with Crippen LogP contribution in [0.25, 0.3) is 11.5 Å². The molecule has 0 bridgehead atoms. The molecule has 0 amide bonds. The van der Waals surface area contributed by atoms with Gasteiger partial charge in [0.05, 0.1) is 13.2 Å². The third-order valence-electron chi connectivity index (χ3n) is 3.14. The maximum atomic E-state index is 6.22. The van der Waals surface area contributed by atoms with Crippen molar-refractivity contribution in [3.8, 4) is 17.3 Å². The molecule has 3 rings (SSSR count). The highest BCUT2D eigenvalue weighted by molar-refractivity contribution is 5.48. The van der Waals surface area contributed by atoms with E-state index in [2.05, 4.69) is 20.2 Å². The van der Waals surface area contributed by atoms with E-state index in [0.29, 0.717) is 17.3 Å². The normalized spacial score (nSPS) is 12.1. The molecule has 106 valence electrons. The predicted octanol–water partition coefficient (Wildman–Crippen LogP) is 1.92. The summed E-state index contributed by atoms with van der Waals surface area (Å²) in [6.45, 7) is 0. The van der Waals surface area contributed by atoms with Gasteiger partial charge in [-0.2, -0.15) is 5.10 Å². The average molecular weight is 281 g/mol. The largest absolute Gasteiger partial charge is 0.497 e. The molecule has 6 heteroatoms. The van der Waals surface area contributed by atoms with Crippen LogP contribution in [0, 0.1) is 0 Å². The maximum Gasteiger partial charge on any atom is 0.199 e. The first kappa shape index (κ1) is 13.3. The number of hydrogen-bond acceptors (Lipinski definition) is 5. The van der Waals surface area contributed by atoms with Crippen LogP contribution in [0.15, 0.2) is 48.7 Å². The Kier molecular flexibility index (Phi) is 3.61. The summed E-state index contributed by atoms with van der Waals surface area (Å²) in [5.74, 6) is 1.88. The van der Waals surface area contributed by atoms with Gasteiger partial charge in [-0.3, -0.25) is 10.1 Å². The van der Waals surface area contributed by atoms with Crippen molar-refractivity contribution < 1.29 is 4.74 Å². The van der Waals surface area contributed by atoms with E-state index >= 15 is 0 Å². The molecular formula is C15H15N5O. The van der Waals surface area contributed by atoms with Crippen LogP contribution in [0.2, 0.25) is 0 Å². The van der Waals surface area contributed by atoms with Crippen LogP contribution in [0.5, 0.6) is 5.75 Å². The second-order valence-corrected chi connectivity index (χ2v) is 4.51. The summed E-state index contributed by atoms with van der Waals surface area (Å²) >= 11 is 0. The molecule has 0 aliphatic carbocycles. The van der Waals surface area contributed by atoms with Crippen molar-refractivity contribution in [1.82, 2.24) is 20.2 Å². The lowest BCUT2D eigenvalue weighted by Crippen LogP contribution is -2.13. The number of aromatic amines is 1. The molecule has 1 aromatic carbocycles. The molecule has 0 saturated heterocycles. The van der Waals surface area contributed by atoms with E-state index in [-0.39, 0.29) is 0 Å². The summed E-state index contributed by atoms with van der Waals surface area (Å²) in [4.78, 5) is 8.63. The predicted molar refractivity (Wildman–Crippen MR) is 78.6 cm³/mol. The Hall–Kier alpha value is -2.73. The number of benzene rings is 1. The number of nitrogens with zero attached hydrogens (tertiary/aromatic N) is 3. The van der Waals surface area contributed by atoms with E-state index in [1.807, 2.05) is 42.5 Å². The SMILES string of the molecule is COc1cccc(C(N)c2nc(-c3ccccn3)n[nH]2)c1. The van der Waals surface area contributed by atoms with E-state index in [9.17, 15) is 0 Å². The number of H-pyrrole nitrogens is 1. The van der Waals surface area contributed by atoms with Crippen LogP contribution in [0.3, 0.4) is 0 Å². The van der Waals surface area contributed by atoms with Crippen molar-refractivity contribution in [3.05, 3.63) is 60.0 Å². The van der Waals surface area contributed by atoms with E-state index in [0.717, 1.165) is 11.3 Å². The van der Waals surface area contributed by atoms with Crippen molar-refractivity contribution in [1.29, 1.82) is 0 Å². The van der Waals surface area contributed by atoms with Crippen LogP contribution < -0.4 is 10.5 Å². The molecule has 0 spiro atoms. The van der Waals surface area contributed by atoms with E-state index in [4.69, 9.17) is 10.5 Å². The molecule has 0 fully saturated rings. The maximum absolute atomic E-state index is 6.22. The number of aromatic nitrogens is 4. The molecule has 0 aliphatic rings. The van der Waals surface area contributed by atoms with Gasteiger partial charge >= 0.3 is 0 Å². The highest BCUT2D eigenvalue weighted by Gasteiger charge is 2.15. The van der Waals surface area contributed by atoms with Gasteiger partial charge in [0.25, 0.3) is 0 Å². The Bertz CT molecular complexity index is 726. The molecule has 3 N–H and O–H groups in total. The first-order valence-corrected chi connectivity index (χ1v) is 6.51. The number of ether oxygens (including phenoxy) is 1. The van der Waals surface area contributed by atoms with E-state index in [1.165, 1.54) is 0 Å². The Morgan fingerprint density at radius 1 is 1.19 bits per heavy atom. The molecule has 0 radical (unpaired) electrons. The van der Waals surface area contributed by atoms with Crippen LogP contribution in [0.1, 0.15) is 17.4 Å². The quantitative estimate of drug-likeness (QED) is 0.762. The van der Waals surface area contributed by atoms with Gasteiger partial charge in [0.15, 0.2) is 5.82 Å². The Morgan fingerprint density at radius 3 is 2.86 bits per heavy atom. The number of hydrogen-bond donors (Lipinski definition) is 2. The fourth-order valence-corrected chi connectivity index (χ4v) is 2.02. The molecule has 2 heterocycles. The average Bonchev–Trinajstić information content (AvgIpc) is 3.05. The third-order valence-corrected chi connectivity index (χ3v) is 3.14. The lowest BCUT2D eigenvalue weighted by Gasteiger charge is -2.09. The summed E-state index contributed by atoms with van der Waals surface area (Å²) in [6.07, 6.45) is 1.70. The van der Waals surface area contributed by atoms with Crippen LogP contribution in [-0.4, -0.2) is 27.3 Å². The summed E-state index contributed by atoms with van der Waals surface area (Å²) in [5.41, 5.74) is 7.83. The second kappa shape index (κ2) is 5.72. The molecule has 6 nitrogen and oxygen atoms in total. The fraction of sp³-hybridized carbons (Fsp3) is 0.133. The molecule has 21 heavy (non-hydrogen) atoms. The van der Waals surface area contributed by atoms with Gasteiger partial charge in [-0.15, -0.1) is 0 Å². The molecule has 0 saturated carbocycles. The third kappa shape index (κ3) is 2.75. The van der Waals surface area contributed by atoms with Crippen molar-refractivity contribution in [2.24, 2.45) is 5.73 Å². The number of rotatable bonds is 4. The number of nitrogens with two attached hydrogens (primary N) is 1. The minimum absolute atomic E-state index is 0.398. The molecule has 1 atom stereocenters. The van der Waals surface area contributed by atoms with E-state index in [1.54, 1.807) is 13.3 Å². The van der Waals surface area contributed by atoms with Crippen molar-refractivity contribution >= 4 is 0 Å². The molecule has 1 unspecified atom stereocenters. The number of methoxy groups -OCH3 is 1. The lowest BCUT2D eigenvalue weighted by molar-refractivity contribution is 0.414. The summed E-state index contributed by atoms with van der Waals surface area (Å²) < 4.78 is 5.20. The zero-order valence-corrected chi connectivity index (χ0v) is 11.5. The minimum atomic E-state index is -0.398. The first-order valence-electron chi connectivity index (χ1n) is 6.51. The summed E-state index contributed by atoms with van der Waals surface area (Å²) in [6, 6.07) is 12.8. The first-order chi connectivity index (χ1) is 10.3. The van der Waals surface area contributed by atoms with Crippen LogP contribution >= 0.6 is 0 Å². The smallest absolute Gasteiger partial charge is 0.199 e. The zero-order chi connectivity index (χ0) is 14.7. The number of nitrogens with one attached hydrogen (secondary N) is 1. The van der Waals surface area contributed by atoms with Gasteiger partial charge < -0.3 is 10.5 Å². The molecule has 0 aliphatic heterocycles.